The number of nitrogens with zero attached hydrogens (tertiary/aromatic N) is 1. The molecule has 0 spiro atoms. The molecule has 0 radical (unpaired) electrons. The van der Waals surface area contributed by atoms with E-state index in [2.05, 4.69) is 4.74 Å². The van der Waals surface area contributed by atoms with Gasteiger partial charge in [0, 0.05) is 6.54 Å². The van der Waals surface area contributed by atoms with Crippen molar-refractivity contribution in [1.82, 2.24) is 4.31 Å². The maximum Gasteiger partial charge on any atom is 0.337 e. The second-order valence-corrected chi connectivity index (χ2v) is 7.70. The van der Waals surface area contributed by atoms with Crippen LogP contribution in [0.15, 0.2) is 29.2 Å². The number of carbonyl (C=O) groups excluding carboxylic acids is 1. The zero-order valence-electron chi connectivity index (χ0n) is 13.5. The van der Waals surface area contributed by atoms with E-state index in [1.54, 1.807) is 6.07 Å². The number of esters is 1. The van der Waals surface area contributed by atoms with E-state index in [1.807, 2.05) is 0 Å². The zero-order chi connectivity index (χ0) is 17.2. The van der Waals surface area contributed by atoms with Crippen LogP contribution in [-0.4, -0.2) is 57.9 Å². The van der Waals surface area contributed by atoms with E-state index in [9.17, 15) is 13.2 Å². The third-order valence-corrected chi connectivity index (χ3v) is 6.24. The van der Waals surface area contributed by atoms with Crippen LogP contribution in [0.5, 0.6) is 0 Å². The van der Waals surface area contributed by atoms with Crippen LogP contribution in [0.25, 0.3) is 0 Å². The molecule has 8 heteroatoms. The molecule has 1 aromatic rings. The Morgan fingerprint density at radius 3 is 2.71 bits per heavy atom. The lowest BCUT2D eigenvalue weighted by Crippen LogP contribution is -2.50. The number of hydrogen-bond donors (Lipinski definition) is 0. The first kappa shape index (κ1) is 17.3. The Morgan fingerprint density at radius 2 is 2.00 bits per heavy atom. The molecule has 0 bridgehead atoms. The molecule has 0 saturated carbocycles. The average molecular weight is 355 g/mol. The highest BCUT2D eigenvalue weighted by atomic mass is 32.2. The molecule has 132 valence electrons. The fourth-order valence-corrected chi connectivity index (χ4v) is 4.86. The van der Waals surface area contributed by atoms with Crippen molar-refractivity contribution in [3.8, 4) is 0 Å². The van der Waals surface area contributed by atoms with Gasteiger partial charge >= 0.3 is 5.97 Å². The van der Waals surface area contributed by atoms with Crippen molar-refractivity contribution in [1.29, 1.82) is 0 Å². The second kappa shape index (κ2) is 7.18. The van der Waals surface area contributed by atoms with Crippen LogP contribution in [0, 0.1) is 0 Å². The Labute approximate surface area is 141 Å². The second-order valence-electron chi connectivity index (χ2n) is 5.81. The average Bonchev–Trinajstić information content (AvgIpc) is 3.15. The van der Waals surface area contributed by atoms with E-state index in [0.29, 0.717) is 26.2 Å². The Hall–Kier alpha value is -1.48. The third-order valence-electron chi connectivity index (χ3n) is 4.32. The molecule has 2 aliphatic heterocycles. The molecule has 0 amide bonds. The first-order valence-corrected chi connectivity index (χ1v) is 9.41. The summed E-state index contributed by atoms with van der Waals surface area (Å²) in [6, 6.07) is 5.57. The predicted octanol–water partition coefficient (Wildman–Crippen LogP) is 1.39. The van der Waals surface area contributed by atoms with Gasteiger partial charge in [0.2, 0.25) is 10.0 Å². The third kappa shape index (κ3) is 3.32. The summed E-state index contributed by atoms with van der Waals surface area (Å²) < 4.78 is 43.3. The van der Waals surface area contributed by atoms with Gasteiger partial charge < -0.3 is 14.2 Å². The Balaban J connectivity index is 1.91. The summed E-state index contributed by atoms with van der Waals surface area (Å²) in [4.78, 5) is 11.8. The molecule has 2 heterocycles. The molecular formula is C16H21NO6S. The summed E-state index contributed by atoms with van der Waals surface area (Å²) in [7, 11) is -2.48. The van der Waals surface area contributed by atoms with Crippen LogP contribution >= 0.6 is 0 Å². The minimum atomic E-state index is -3.75. The van der Waals surface area contributed by atoms with Gasteiger partial charge in [-0.2, -0.15) is 4.31 Å². The van der Waals surface area contributed by atoms with Gasteiger partial charge in [-0.1, -0.05) is 12.5 Å². The molecule has 7 nitrogen and oxygen atoms in total. The zero-order valence-corrected chi connectivity index (χ0v) is 14.3. The van der Waals surface area contributed by atoms with E-state index in [-0.39, 0.29) is 16.5 Å². The van der Waals surface area contributed by atoms with Crippen molar-refractivity contribution in [2.75, 3.05) is 26.9 Å². The van der Waals surface area contributed by atoms with Gasteiger partial charge in [0.1, 0.15) is 0 Å². The molecule has 0 aromatic heterocycles. The van der Waals surface area contributed by atoms with E-state index in [1.165, 1.54) is 29.6 Å². The predicted molar refractivity (Wildman–Crippen MR) is 85.0 cm³/mol. The van der Waals surface area contributed by atoms with Gasteiger partial charge in [-0.15, -0.1) is 0 Å². The van der Waals surface area contributed by atoms with Crippen molar-refractivity contribution >= 4 is 16.0 Å². The number of ether oxygens (including phenoxy) is 3. The molecule has 1 atom stereocenters. The normalized spacial score (nSPS) is 23.3. The van der Waals surface area contributed by atoms with Crippen molar-refractivity contribution < 1.29 is 27.4 Å². The van der Waals surface area contributed by atoms with Crippen molar-refractivity contribution in [2.45, 2.75) is 36.5 Å². The van der Waals surface area contributed by atoms with Crippen LogP contribution in [0.4, 0.5) is 0 Å². The minimum absolute atomic E-state index is 0.0790. The molecule has 2 fully saturated rings. The van der Waals surface area contributed by atoms with Crippen molar-refractivity contribution in [3.63, 3.8) is 0 Å². The first-order valence-electron chi connectivity index (χ1n) is 7.97. The minimum Gasteiger partial charge on any atom is -0.465 e. The lowest BCUT2D eigenvalue weighted by molar-refractivity contribution is -0.0913. The standard InChI is InChI=1S/C16H21NO6S/c1-21-15(18)12-5-4-6-13(11-12)24(19,20)17-8-3-2-7-14(17)16-22-9-10-23-16/h4-6,11,14,16H,2-3,7-10H2,1H3/t14-/m0/s1. The van der Waals surface area contributed by atoms with E-state index >= 15 is 0 Å². The Morgan fingerprint density at radius 1 is 1.25 bits per heavy atom. The van der Waals surface area contributed by atoms with E-state index < -0.39 is 22.3 Å². The number of piperidine rings is 1. The summed E-state index contributed by atoms with van der Waals surface area (Å²) in [5, 5.41) is 0. The molecule has 0 aliphatic carbocycles. The number of rotatable bonds is 4. The quantitative estimate of drug-likeness (QED) is 0.759. The fraction of sp³-hybridized carbons (Fsp3) is 0.562. The first-order chi connectivity index (χ1) is 11.5. The maximum atomic E-state index is 13.1. The van der Waals surface area contributed by atoms with E-state index in [0.717, 1.165) is 12.8 Å². The van der Waals surface area contributed by atoms with Gasteiger partial charge in [-0.05, 0) is 31.0 Å². The van der Waals surface area contributed by atoms with Crippen molar-refractivity contribution in [3.05, 3.63) is 29.8 Å². The van der Waals surface area contributed by atoms with Crippen LogP contribution in [0.1, 0.15) is 29.6 Å². The molecule has 0 N–H and O–H groups in total. The molecule has 2 aliphatic rings. The summed E-state index contributed by atoms with van der Waals surface area (Å²) in [5.41, 5.74) is 0.209. The lowest BCUT2D eigenvalue weighted by atomic mass is 10.0. The van der Waals surface area contributed by atoms with Crippen LogP contribution in [0.3, 0.4) is 0 Å². The lowest BCUT2D eigenvalue weighted by Gasteiger charge is -2.36. The highest BCUT2D eigenvalue weighted by Crippen LogP contribution is 2.30. The Bertz CT molecular complexity index is 698. The van der Waals surface area contributed by atoms with Gasteiger partial charge in [0.25, 0.3) is 0 Å². The van der Waals surface area contributed by atoms with Gasteiger partial charge in [-0.25, -0.2) is 13.2 Å². The van der Waals surface area contributed by atoms with Gasteiger partial charge in [-0.3, -0.25) is 0 Å². The number of sulfonamides is 1. The summed E-state index contributed by atoms with van der Waals surface area (Å²) in [6.07, 6.45) is 1.89. The molecule has 24 heavy (non-hydrogen) atoms. The monoisotopic (exact) mass is 355 g/mol. The summed E-state index contributed by atoms with van der Waals surface area (Å²) >= 11 is 0. The molecule has 2 saturated heterocycles. The Kier molecular flexibility index (Phi) is 5.19. The largest absolute Gasteiger partial charge is 0.465 e. The maximum absolute atomic E-state index is 13.1. The SMILES string of the molecule is COC(=O)c1cccc(S(=O)(=O)N2CCCC[C@H]2C2OCCO2)c1. The van der Waals surface area contributed by atoms with Crippen LogP contribution in [-0.2, 0) is 24.2 Å². The molecule has 3 rings (SSSR count). The fourth-order valence-electron chi connectivity index (χ4n) is 3.14. The van der Waals surface area contributed by atoms with E-state index in [4.69, 9.17) is 9.47 Å². The summed E-state index contributed by atoms with van der Waals surface area (Å²) in [6.45, 7) is 1.37. The molecular weight excluding hydrogens is 334 g/mol. The topological polar surface area (TPSA) is 82.1 Å². The number of methoxy groups -OCH3 is 1. The highest BCUT2D eigenvalue weighted by Gasteiger charge is 2.40. The highest BCUT2D eigenvalue weighted by molar-refractivity contribution is 7.89. The number of benzene rings is 1. The molecule has 1 aromatic carbocycles. The smallest absolute Gasteiger partial charge is 0.337 e. The number of carbonyl (C=O) groups is 1. The number of hydrogen-bond acceptors (Lipinski definition) is 6. The van der Waals surface area contributed by atoms with Gasteiger partial charge in [0.15, 0.2) is 6.29 Å². The molecule has 0 unspecified atom stereocenters. The summed E-state index contributed by atoms with van der Waals surface area (Å²) in [5.74, 6) is -0.565. The van der Waals surface area contributed by atoms with Gasteiger partial charge in [0.05, 0.1) is 36.8 Å². The van der Waals surface area contributed by atoms with Crippen molar-refractivity contribution in [2.24, 2.45) is 0 Å². The van der Waals surface area contributed by atoms with Crippen LogP contribution < -0.4 is 0 Å². The van der Waals surface area contributed by atoms with Crippen LogP contribution in [0.2, 0.25) is 0 Å².